The summed E-state index contributed by atoms with van der Waals surface area (Å²) in [7, 11) is -3.29. The maximum Gasteiger partial charge on any atom is 0.0850 e. The molecule has 366 valence electrons. The summed E-state index contributed by atoms with van der Waals surface area (Å²) in [5.41, 5.74) is 27.6. The van der Waals surface area contributed by atoms with Crippen molar-refractivity contribution in [3.63, 3.8) is 0 Å². The van der Waals surface area contributed by atoms with E-state index in [2.05, 4.69) is 197 Å². The van der Waals surface area contributed by atoms with E-state index in [1.807, 2.05) is 0 Å². The molecule has 0 unspecified atom stereocenters. The first-order valence-electron chi connectivity index (χ1n) is 25.2. The Morgan fingerprint density at radius 2 is 0.646 bits per heavy atom. The third-order valence-electron chi connectivity index (χ3n) is 13.4. The molecule has 65 heavy (non-hydrogen) atoms. The Kier molecular flexibility index (Phi) is 21.8. The van der Waals surface area contributed by atoms with Gasteiger partial charge in [-0.05, 0) is 32.8 Å². The molecule has 0 spiro atoms. The van der Waals surface area contributed by atoms with Gasteiger partial charge < -0.3 is 22.1 Å². The van der Waals surface area contributed by atoms with Crippen molar-refractivity contribution in [2.24, 2.45) is 0 Å². The Hall–Kier alpha value is -2.99. The van der Waals surface area contributed by atoms with E-state index in [0.29, 0.717) is 11.4 Å². The van der Waals surface area contributed by atoms with Crippen LogP contribution < -0.4 is 10.4 Å². The van der Waals surface area contributed by atoms with Crippen LogP contribution in [0.25, 0.3) is 22.1 Å². The first kappa shape index (κ1) is 58.1. The van der Waals surface area contributed by atoms with Crippen LogP contribution in [0.3, 0.4) is 0 Å². The monoisotopic (exact) mass is 959 g/mol. The standard InChI is InChI=1S/2C29H46N2Si.Ni/c2*1-10-17-32(18-11-2,19-12-3)26-16-14-13-15-24(26)31-25-21-22(28(4,5)6)20-23(27(25)30)29(7,8)9;/h2*13-16,20-21,30H,10-12,17-19H2,1-9H3;/q2*-2;. The molecule has 0 aromatic heterocycles. The van der Waals surface area contributed by atoms with Gasteiger partial charge in [0.1, 0.15) is 0 Å². The number of hydrogen-bond acceptors (Lipinski definition) is 0. The van der Waals surface area contributed by atoms with Gasteiger partial charge in [0.25, 0.3) is 0 Å². The minimum Gasteiger partial charge on any atom is -0.699 e. The summed E-state index contributed by atoms with van der Waals surface area (Å²) in [5, 5.41) is 13.5. The smallest absolute Gasteiger partial charge is 0.0850 e. The predicted octanol–water partition coefficient (Wildman–Crippen LogP) is 20.4. The molecule has 4 nitrogen and oxygen atoms in total. The maximum atomic E-state index is 9.04. The molecule has 0 atom stereocenters. The van der Waals surface area contributed by atoms with E-state index >= 15 is 0 Å². The molecule has 0 bridgehead atoms. The molecule has 0 amide bonds. The van der Waals surface area contributed by atoms with Crippen molar-refractivity contribution < 1.29 is 16.5 Å². The van der Waals surface area contributed by atoms with Gasteiger partial charge in [0.15, 0.2) is 0 Å². The number of rotatable bonds is 18. The zero-order valence-corrected chi connectivity index (χ0v) is 47.6. The van der Waals surface area contributed by atoms with E-state index in [4.69, 9.17) is 22.1 Å². The summed E-state index contributed by atoms with van der Waals surface area (Å²) in [6, 6.07) is 34.5. The van der Waals surface area contributed by atoms with Crippen LogP contribution in [0.2, 0.25) is 36.3 Å². The van der Waals surface area contributed by atoms with E-state index in [0.717, 1.165) is 33.9 Å². The van der Waals surface area contributed by atoms with Crippen LogP contribution in [0.5, 0.6) is 0 Å². The van der Waals surface area contributed by atoms with Gasteiger partial charge >= 0.3 is 0 Å². The third-order valence-corrected chi connectivity index (χ3v) is 25.3. The molecule has 0 aliphatic rings. The molecular weight excluding hydrogens is 868 g/mol. The van der Waals surface area contributed by atoms with Crippen molar-refractivity contribution in [2.75, 3.05) is 0 Å². The molecule has 2 N–H and O–H groups in total. The molecule has 0 saturated heterocycles. The van der Waals surface area contributed by atoms with E-state index < -0.39 is 16.1 Å². The van der Waals surface area contributed by atoms with Gasteiger partial charge in [-0.25, -0.2) is 0 Å². The van der Waals surface area contributed by atoms with Gasteiger partial charge in [0.05, 0.1) is 16.1 Å². The van der Waals surface area contributed by atoms with E-state index in [9.17, 15) is 0 Å². The van der Waals surface area contributed by atoms with E-state index in [1.54, 1.807) is 0 Å². The number of nitrogens with zero attached hydrogens (tertiary/aromatic N) is 2. The Labute approximate surface area is 413 Å². The largest absolute Gasteiger partial charge is 0.699 e. The van der Waals surface area contributed by atoms with Gasteiger partial charge in [0, 0.05) is 16.5 Å². The second-order valence-electron chi connectivity index (χ2n) is 23.2. The summed E-state index contributed by atoms with van der Waals surface area (Å²) in [6.45, 7) is 40.7. The van der Waals surface area contributed by atoms with E-state index in [1.165, 1.54) is 96.3 Å². The zero-order valence-electron chi connectivity index (χ0n) is 44.6. The van der Waals surface area contributed by atoms with Gasteiger partial charge in [0.2, 0.25) is 0 Å². The van der Waals surface area contributed by atoms with Gasteiger partial charge in [-0.15, -0.1) is 11.4 Å². The summed E-state index contributed by atoms with van der Waals surface area (Å²) < 4.78 is 0. The zero-order chi connectivity index (χ0) is 48.3. The molecule has 4 rings (SSSR count). The minimum absolute atomic E-state index is 0. The van der Waals surface area contributed by atoms with Crippen LogP contribution in [-0.4, -0.2) is 16.1 Å². The topological polar surface area (TPSA) is 75.8 Å². The third kappa shape index (κ3) is 15.0. The summed E-state index contributed by atoms with van der Waals surface area (Å²) >= 11 is 0. The van der Waals surface area contributed by atoms with Crippen LogP contribution in [0.4, 0.5) is 34.1 Å². The molecule has 4 aromatic carbocycles. The fourth-order valence-corrected chi connectivity index (χ4v) is 21.3. The van der Waals surface area contributed by atoms with Crippen molar-refractivity contribution >= 4 is 60.6 Å². The molecule has 0 heterocycles. The van der Waals surface area contributed by atoms with Crippen LogP contribution in [0.1, 0.15) is 185 Å². The Morgan fingerprint density at radius 3 is 0.877 bits per heavy atom. The average molecular weight is 960 g/mol. The predicted molar refractivity (Wildman–Crippen MR) is 295 cm³/mol. The number of nitrogens with one attached hydrogen (secondary N) is 2. The summed E-state index contributed by atoms with van der Waals surface area (Å²) in [6.07, 6.45) is 7.40. The normalized spacial score (nSPS) is 12.6. The number of hydrogen-bond donors (Lipinski definition) is 0. The van der Waals surface area contributed by atoms with Crippen molar-refractivity contribution in [2.45, 2.75) is 221 Å². The fourth-order valence-electron chi connectivity index (χ4n) is 10.2. The molecule has 0 fully saturated rings. The fraction of sp³-hybridized carbons (Fsp3) is 0.586. The molecule has 7 heteroatoms. The van der Waals surface area contributed by atoms with Crippen LogP contribution in [0, 0.1) is 0 Å². The molecule has 0 aliphatic carbocycles. The van der Waals surface area contributed by atoms with Crippen LogP contribution in [-0.2, 0) is 38.2 Å². The quantitative estimate of drug-likeness (QED) is 0.0891. The Morgan fingerprint density at radius 1 is 0.385 bits per heavy atom. The first-order valence-corrected chi connectivity index (χ1v) is 30.5. The molecule has 0 saturated carbocycles. The van der Waals surface area contributed by atoms with Crippen LogP contribution >= 0.6 is 0 Å². The summed E-state index contributed by atoms with van der Waals surface area (Å²) in [4.78, 5) is 0. The van der Waals surface area contributed by atoms with Crippen molar-refractivity contribution in [3.05, 3.63) is 117 Å². The van der Waals surface area contributed by atoms with Gasteiger partial charge in [-0.1, -0.05) is 294 Å². The number of benzene rings is 4. The van der Waals surface area contributed by atoms with E-state index in [-0.39, 0.29) is 38.2 Å². The molecular formula is C58H92N4NiSi2-4. The van der Waals surface area contributed by atoms with Crippen molar-refractivity contribution in [1.29, 1.82) is 0 Å². The van der Waals surface area contributed by atoms with Gasteiger partial charge in [-0.2, -0.15) is 22.7 Å². The van der Waals surface area contributed by atoms with Crippen molar-refractivity contribution in [1.82, 2.24) is 0 Å². The second-order valence-corrected chi connectivity index (χ2v) is 32.4. The number of para-hydroxylation sites is 2. The molecule has 0 aliphatic heterocycles. The van der Waals surface area contributed by atoms with Gasteiger partial charge in [-0.3, -0.25) is 0 Å². The Balaban J connectivity index is 0.000000440. The van der Waals surface area contributed by atoms with Crippen molar-refractivity contribution in [3.8, 4) is 0 Å². The maximum absolute atomic E-state index is 9.04. The SMILES string of the molecule is CCC[Si](CCC)(CCC)c1ccccc1[N-]c1cc(C(C)(C)C)cc(C(C)(C)C)c1[NH-].CCC[Si](CCC)(CCC)c1ccccc1[N-]c1cc(C(C)(C)C)cc(C(C)(C)C)c1[NH-].[Ni]. The Bertz CT molecular complexity index is 1900. The molecule has 4 aromatic rings. The van der Waals surface area contributed by atoms with Crippen LogP contribution in [0.15, 0.2) is 72.8 Å². The average Bonchev–Trinajstić information content (AvgIpc) is 3.19. The molecule has 0 radical (unpaired) electrons. The minimum atomic E-state index is -1.64. The first-order chi connectivity index (χ1) is 29.8. The summed E-state index contributed by atoms with van der Waals surface area (Å²) in [5.74, 6) is 0. The second kappa shape index (κ2) is 24.3.